The number of aryl methyl sites for hydroxylation is 1. The average molecular weight is 536 g/mol. The topological polar surface area (TPSA) is 124 Å². The van der Waals surface area contributed by atoms with Crippen LogP contribution in [0.15, 0.2) is 36.7 Å². The molecule has 198 valence electrons. The van der Waals surface area contributed by atoms with Gasteiger partial charge in [-0.3, -0.25) is 15.1 Å². The number of carbonyl (C=O) groups excluding carboxylic acids is 2. The molecule has 6 rings (SSSR count). The van der Waals surface area contributed by atoms with Gasteiger partial charge in [-0.25, -0.2) is 14.5 Å². The molecule has 38 heavy (non-hydrogen) atoms. The van der Waals surface area contributed by atoms with Crippen molar-refractivity contribution in [1.29, 1.82) is 0 Å². The van der Waals surface area contributed by atoms with Crippen LogP contribution in [0, 0.1) is 16.7 Å². The molecule has 1 atom stereocenters. The summed E-state index contributed by atoms with van der Waals surface area (Å²) < 4.78 is 6.90. The third-order valence-electron chi connectivity index (χ3n) is 8.47. The molecular weight excluding hydrogens is 506 g/mol. The van der Waals surface area contributed by atoms with E-state index in [2.05, 4.69) is 30.9 Å². The molecule has 0 saturated heterocycles. The monoisotopic (exact) mass is 535 g/mol. The van der Waals surface area contributed by atoms with Crippen molar-refractivity contribution in [2.45, 2.75) is 58.0 Å². The molecule has 3 aliphatic carbocycles. The first-order chi connectivity index (χ1) is 18.2. The lowest BCUT2D eigenvalue weighted by molar-refractivity contribution is -0.169. The Morgan fingerprint density at radius 1 is 1.13 bits per heavy atom. The lowest BCUT2D eigenvalue weighted by Crippen LogP contribution is -2.58. The summed E-state index contributed by atoms with van der Waals surface area (Å²) in [6.45, 7) is 1.71. The molecular formula is C27H30ClN7O3. The summed E-state index contributed by atoms with van der Waals surface area (Å²) in [5.74, 6) is 0.471. The number of hydrogen-bond acceptors (Lipinski definition) is 7. The van der Waals surface area contributed by atoms with E-state index in [0.29, 0.717) is 39.3 Å². The number of nitrogens with zero attached hydrogens (tertiary/aromatic N) is 5. The molecule has 0 aromatic carbocycles. The first-order valence-electron chi connectivity index (χ1n) is 13.0. The molecule has 0 aliphatic heterocycles. The van der Waals surface area contributed by atoms with E-state index in [-0.39, 0.29) is 17.0 Å². The number of nitrogens with one attached hydrogen (secondary N) is 2. The van der Waals surface area contributed by atoms with Crippen LogP contribution in [0.3, 0.4) is 0 Å². The summed E-state index contributed by atoms with van der Waals surface area (Å²) in [4.78, 5) is 33.8. The van der Waals surface area contributed by atoms with Crippen molar-refractivity contribution < 1.29 is 14.3 Å². The lowest BCUT2D eigenvalue weighted by Gasteiger charge is -2.67. The van der Waals surface area contributed by atoms with Crippen molar-refractivity contribution in [3.63, 3.8) is 0 Å². The zero-order chi connectivity index (χ0) is 26.5. The van der Waals surface area contributed by atoms with E-state index < -0.39 is 12.2 Å². The fourth-order valence-electron chi connectivity index (χ4n) is 6.60. The van der Waals surface area contributed by atoms with Gasteiger partial charge in [-0.2, -0.15) is 0 Å². The van der Waals surface area contributed by atoms with Gasteiger partial charge in [0.1, 0.15) is 11.3 Å². The molecule has 2 spiro atoms. The second kappa shape index (κ2) is 9.34. The number of amides is 2. The molecule has 3 aromatic rings. The number of rotatable bonds is 6. The van der Waals surface area contributed by atoms with Crippen LogP contribution in [0.1, 0.15) is 63.5 Å². The maximum atomic E-state index is 12.8. The maximum Gasteiger partial charge on any atom is 0.413 e. The van der Waals surface area contributed by atoms with Gasteiger partial charge in [0.05, 0.1) is 17.6 Å². The van der Waals surface area contributed by atoms with Crippen LogP contribution < -0.4 is 10.6 Å². The maximum absolute atomic E-state index is 12.8. The van der Waals surface area contributed by atoms with Gasteiger partial charge in [-0.15, -0.1) is 5.10 Å². The molecule has 0 radical (unpaired) electrons. The van der Waals surface area contributed by atoms with E-state index in [1.165, 1.54) is 36.8 Å². The zero-order valence-electron chi connectivity index (χ0n) is 21.4. The summed E-state index contributed by atoms with van der Waals surface area (Å²) in [6.07, 6.45) is 10.6. The minimum absolute atomic E-state index is 0.0622. The molecule has 0 unspecified atom stereocenters. The number of ether oxygens (including phenoxy) is 1. The standard InChI is InChI=1S/C27H30ClN7O3/c1-16(19-5-3-10-29-22(19)28)38-25(37)32-23-21(33-34-35(23)2)20-7-6-18(13-30-20)31-24(36)17-11-27(12-17)14-26(15-27)8-4-9-26/h3,5-7,10,13,16-17H,4,8-9,11-12,14-15H2,1-2H3,(H,31,36)(H,32,37)/t16-/m1/s1. The molecule has 3 aromatic heterocycles. The highest BCUT2D eigenvalue weighted by Gasteiger charge is 2.62. The van der Waals surface area contributed by atoms with E-state index in [9.17, 15) is 9.59 Å². The van der Waals surface area contributed by atoms with Gasteiger partial charge < -0.3 is 10.1 Å². The number of carbonyl (C=O) groups is 2. The summed E-state index contributed by atoms with van der Waals surface area (Å²) in [5, 5.41) is 14.1. The Bertz CT molecular complexity index is 1370. The third kappa shape index (κ3) is 4.51. The molecule has 10 nitrogen and oxygen atoms in total. The Hall–Kier alpha value is -3.53. The van der Waals surface area contributed by atoms with E-state index in [0.717, 1.165) is 12.8 Å². The molecule has 3 heterocycles. The number of halogens is 1. The molecule has 3 saturated carbocycles. The highest BCUT2D eigenvalue weighted by molar-refractivity contribution is 6.30. The fourth-order valence-corrected chi connectivity index (χ4v) is 6.88. The fraction of sp³-hybridized carbons (Fsp3) is 0.481. The predicted octanol–water partition coefficient (Wildman–Crippen LogP) is 5.53. The third-order valence-corrected chi connectivity index (χ3v) is 8.79. The Morgan fingerprint density at radius 2 is 1.92 bits per heavy atom. The zero-order valence-corrected chi connectivity index (χ0v) is 22.2. The summed E-state index contributed by atoms with van der Waals surface area (Å²) >= 11 is 6.11. The van der Waals surface area contributed by atoms with Crippen LogP contribution in [0.2, 0.25) is 5.15 Å². The van der Waals surface area contributed by atoms with Gasteiger partial charge in [0.15, 0.2) is 11.5 Å². The summed E-state index contributed by atoms with van der Waals surface area (Å²) in [7, 11) is 1.66. The number of pyridine rings is 2. The van der Waals surface area contributed by atoms with Crippen molar-refractivity contribution in [3.05, 3.63) is 47.4 Å². The van der Waals surface area contributed by atoms with Crippen molar-refractivity contribution >= 4 is 35.1 Å². The number of anilines is 2. The SMILES string of the molecule is C[C@@H](OC(=O)Nc1c(-c2ccc(NC(=O)C3CC4(C3)CC3(CCC3)C4)cn2)nnn1C)c1cccnc1Cl. The molecule has 2 N–H and O–H groups in total. The minimum Gasteiger partial charge on any atom is -0.441 e. The normalized spacial score (nSPS) is 19.7. The first kappa shape index (κ1) is 24.8. The Labute approximate surface area is 225 Å². The molecule has 11 heteroatoms. The second-order valence-corrected chi connectivity index (χ2v) is 11.6. The second-order valence-electron chi connectivity index (χ2n) is 11.2. The molecule has 2 amide bonds. The van der Waals surface area contributed by atoms with Gasteiger partial charge >= 0.3 is 6.09 Å². The summed E-state index contributed by atoms with van der Waals surface area (Å²) in [5.41, 5.74) is 3.17. The lowest BCUT2D eigenvalue weighted by atomic mass is 9.38. The molecule has 3 fully saturated rings. The van der Waals surface area contributed by atoms with Crippen molar-refractivity contribution in [3.8, 4) is 11.4 Å². The van der Waals surface area contributed by atoms with Gasteiger partial charge in [-0.1, -0.05) is 29.3 Å². The number of aromatic nitrogens is 5. The minimum atomic E-state index is -0.694. The smallest absolute Gasteiger partial charge is 0.413 e. The van der Waals surface area contributed by atoms with Crippen LogP contribution >= 0.6 is 11.6 Å². The van der Waals surface area contributed by atoms with Crippen molar-refractivity contribution in [2.24, 2.45) is 23.8 Å². The van der Waals surface area contributed by atoms with Gasteiger partial charge in [0.2, 0.25) is 5.91 Å². The van der Waals surface area contributed by atoms with E-state index >= 15 is 0 Å². The van der Waals surface area contributed by atoms with Crippen LogP contribution in [0.5, 0.6) is 0 Å². The highest BCUT2D eigenvalue weighted by atomic mass is 35.5. The first-order valence-corrected chi connectivity index (χ1v) is 13.4. The van der Waals surface area contributed by atoms with Crippen LogP contribution in [0.25, 0.3) is 11.4 Å². The largest absolute Gasteiger partial charge is 0.441 e. The highest BCUT2D eigenvalue weighted by Crippen LogP contribution is 2.72. The predicted molar refractivity (Wildman–Crippen MR) is 141 cm³/mol. The average Bonchev–Trinajstić information content (AvgIpc) is 3.17. The van der Waals surface area contributed by atoms with Crippen LogP contribution in [0.4, 0.5) is 16.3 Å². The van der Waals surface area contributed by atoms with Crippen molar-refractivity contribution in [2.75, 3.05) is 10.6 Å². The van der Waals surface area contributed by atoms with Gasteiger partial charge in [0.25, 0.3) is 0 Å². The Morgan fingerprint density at radius 3 is 2.58 bits per heavy atom. The van der Waals surface area contributed by atoms with Gasteiger partial charge in [-0.05, 0) is 74.5 Å². The summed E-state index contributed by atoms with van der Waals surface area (Å²) in [6, 6.07) is 6.99. The van der Waals surface area contributed by atoms with Crippen LogP contribution in [-0.2, 0) is 16.6 Å². The van der Waals surface area contributed by atoms with E-state index in [1.807, 2.05) is 0 Å². The number of hydrogen-bond donors (Lipinski definition) is 2. The quantitative estimate of drug-likeness (QED) is 0.397. The van der Waals surface area contributed by atoms with Crippen molar-refractivity contribution in [1.82, 2.24) is 25.0 Å². The van der Waals surface area contributed by atoms with E-state index in [1.54, 1.807) is 50.6 Å². The molecule has 0 bridgehead atoms. The Balaban J connectivity index is 1.05. The van der Waals surface area contributed by atoms with Gasteiger partial charge in [0, 0.05) is 24.7 Å². The Kier molecular flexibility index (Phi) is 6.09. The molecule has 3 aliphatic rings. The van der Waals surface area contributed by atoms with Crippen LogP contribution in [-0.4, -0.2) is 37.0 Å². The van der Waals surface area contributed by atoms with E-state index in [4.69, 9.17) is 16.3 Å².